The Morgan fingerprint density at radius 3 is 2.38 bits per heavy atom. The number of nitrogens with zero attached hydrogens (tertiary/aromatic N) is 1. The van der Waals surface area contributed by atoms with E-state index in [9.17, 15) is 0 Å². The van der Waals surface area contributed by atoms with Gasteiger partial charge in [0, 0.05) is 34.2 Å². The summed E-state index contributed by atoms with van der Waals surface area (Å²) < 4.78 is 13.0. The maximum Gasteiger partial charge on any atom is 0.231 e. The van der Waals surface area contributed by atoms with E-state index in [0.29, 0.717) is 16.8 Å². The number of fused-ring (bicyclic) bond motifs is 2. The molecule has 0 spiro atoms. The molecule has 2 aliphatic rings. The number of benzene rings is 2. The molecule has 0 fully saturated rings. The average molecular weight is 321 g/mol. The lowest BCUT2D eigenvalue weighted by atomic mass is 10.0. The van der Waals surface area contributed by atoms with Crippen molar-refractivity contribution in [2.45, 2.75) is 6.42 Å². The number of hydrogen-bond acceptors (Lipinski definition) is 2. The molecule has 0 amide bonds. The Kier molecular flexibility index (Phi) is 3.05. The molecule has 2 aromatic rings. The van der Waals surface area contributed by atoms with Crippen molar-refractivity contribution >= 4 is 35.1 Å². The average Bonchev–Trinajstić information content (AvgIpc) is 2.90. The number of halogens is 2. The first-order valence-electron chi connectivity index (χ1n) is 6.69. The minimum absolute atomic E-state index is 0.297. The SMILES string of the molecule is Clc1cc(Cl)cc([N+]2=Cc3cc4c(cc3CC2)OCO4)c1. The topological polar surface area (TPSA) is 21.5 Å². The maximum absolute atomic E-state index is 6.08. The molecule has 0 aromatic heterocycles. The molecule has 0 aliphatic carbocycles. The molecule has 106 valence electrons. The van der Waals surface area contributed by atoms with E-state index in [0.717, 1.165) is 35.7 Å². The molecule has 4 rings (SSSR count). The van der Waals surface area contributed by atoms with Crippen LogP contribution in [0.3, 0.4) is 0 Å². The zero-order valence-corrected chi connectivity index (χ0v) is 12.6. The van der Waals surface area contributed by atoms with E-state index in [4.69, 9.17) is 32.7 Å². The Morgan fingerprint density at radius 2 is 1.62 bits per heavy atom. The predicted octanol–water partition coefficient (Wildman–Crippen LogP) is 4.04. The van der Waals surface area contributed by atoms with Crippen LogP contribution < -0.4 is 9.47 Å². The maximum atomic E-state index is 6.08. The van der Waals surface area contributed by atoms with Crippen molar-refractivity contribution in [2.75, 3.05) is 13.3 Å². The molecule has 0 bridgehead atoms. The third kappa shape index (κ3) is 2.37. The summed E-state index contributed by atoms with van der Waals surface area (Å²) in [7, 11) is 0. The first-order valence-corrected chi connectivity index (χ1v) is 7.45. The highest BCUT2D eigenvalue weighted by Crippen LogP contribution is 2.36. The standard InChI is InChI=1S/C16H12Cl2NO2/c17-12-5-13(18)7-14(6-12)19-2-1-10-3-15-16(21-9-20-15)4-11(10)8-19/h3-8H,1-2,9H2/q+1. The Bertz CT molecular complexity index is 751. The van der Waals surface area contributed by atoms with E-state index in [2.05, 4.69) is 16.9 Å². The van der Waals surface area contributed by atoms with Gasteiger partial charge in [0.1, 0.15) is 0 Å². The predicted molar refractivity (Wildman–Crippen MR) is 82.7 cm³/mol. The molecule has 0 N–H and O–H groups in total. The van der Waals surface area contributed by atoms with Gasteiger partial charge < -0.3 is 9.47 Å². The van der Waals surface area contributed by atoms with Crippen LogP contribution in [0.5, 0.6) is 11.5 Å². The van der Waals surface area contributed by atoms with Crippen LogP contribution in [0.4, 0.5) is 5.69 Å². The second-order valence-corrected chi connectivity index (χ2v) is 5.98. The molecular weight excluding hydrogens is 309 g/mol. The molecule has 0 radical (unpaired) electrons. The molecule has 2 aliphatic heterocycles. The fraction of sp³-hybridized carbons (Fsp3) is 0.188. The Morgan fingerprint density at radius 1 is 0.905 bits per heavy atom. The summed E-state index contributed by atoms with van der Waals surface area (Å²) >= 11 is 12.2. The van der Waals surface area contributed by atoms with Crippen LogP contribution in [-0.4, -0.2) is 24.1 Å². The van der Waals surface area contributed by atoms with Gasteiger partial charge in [0.15, 0.2) is 24.3 Å². The molecule has 0 unspecified atom stereocenters. The van der Waals surface area contributed by atoms with E-state index in [1.807, 2.05) is 18.2 Å². The first kappa shape index (κ1) is 13.0. The molecule has 3 nitrogen and oxygen atoms in total. The van der Waals surface area contributed by atoms with Gasteiger partial charge in [0.25, 0.3) is 0 Å². The monoisotopic (exact) mass is 320 g/mol. The third-order valence-electron chi connectivity index (χ3n) is 3.73. The van der Waals surface area contributed by atoms with Crippen molar-refractivity contribution in [1.29, 1.82) is 0 Å². The highest BCUT2D eigenvalue weighted by molar-refractivity contribution is 6.34. The summed E-state index contributed by atoms with van der Waals surface area (Å²) in [5, 5.41) is 1.28. The van der Waals surface area contributed by atoms with Gasteiger partial charge in [-0.15, -0.1) is 0 Å². The van der Waals surface area contributed by atoms with Crippen LogP contribution in [0, 0.1) is 0 Å². The third-order valence-corrected chi connectivity index (χ3v) is 4.17. The van der Waals surface area contributed by atoms with Crippen molar-refractivity contribution in [3.8, 4) is 11.5 Å². The Labute approximate surface area is 132 Å². The Hall–Kier alpha value is -1.71. The van der Waals surface area contributed by atoms with Gasteiger partial charge in [-0.1, -0.05) is 23.2 Å². The smallest absolute Gasteiger partial charge is 0.231 e. The lowest BCUT2D eigenvalue weighted by Crippen LogP contribution is -2.18. The molecule has 2 aromatic carbocycles. The van der Waals surface area contributed by atoms with Gasteiger partial charge in [-0.3, -0.25) is 0 Å². The van der Waals surface area contributed by atoms with Gasteiger partial charge >= 0.3 is 0 Å². The second-order valence-electron chi connectivity index (χ2n) is 5.10. The molecule has 0 atom stereocenters. The summed E-state index contributed by atoms with van der Waals surface area (Å²) in [6.45, 7) is 1.18. The van der Waals surface area contributed by atoms with E-state index in [1.54, 1.807) is 6.07 Å². The summed E-state index contributed by atoms with van der Waals surface area (Å²) in [5.74, 6) is 1.64. The number of hydrogen-bond donors (Lipinski definition) is 0. The van der Waals surface area contributed by atoms with E-state index < -0.39 is 0 Å². The summed E-state index contributed by atoms with van der Waals surface area (Å²) in [4.78, 5) is 0. The minimum atomic E-state index is 0.297. The lowest BCUT2D eigenvalue weighted by molar-refractivity contribution is -0.436. The summed E-state index contributed by atoms with van der Waals surface area (Å²) in [6, 6.07) is 9.67. The zero-order valence-electron chi connectivity index (χ0n) is 11.1. The van der Waals surface area contributed by atoms with Crippen molar-refractivity contribution in [2.24, 2.45) is 0 Å². The fourth-order valence-electron chi connectivity index (χ4n) is 2.72. The van der Waals surface area contributed by atoms with Crippen molar-refractivity contribution in [3.63, 3.8) is 0 Å². The Balaban J connectivity index is 1.79. The summed E-state index contributed by atoms with van der Waals surface area (Å²) in [5.41, 5.74) is 3.40. The molecular formula is C16H12Cl2NO2+. The first-order chi connectivity index (χ1) is 10.2. The van der Waals surface area contributed by atoms with Crippen molar-refractivity contribution in [3.05, 3.63) is 51.5 Å². The fourth-order valence-corrected chi connectivity index (χ4v) is 3.23. The number of rotatable bonds is 1. The molecule has 0 saturated heterocycles. The largest absolute Gasteiger partial charge is 0.454 e. The van der Waals surface area contributed by atoms with E-state index in [-0.39, 0.29) is 0 Å². The van der Waals surface area contributed by atoms with Crippen LogP contribution in [-0.2, 0) is 6.42 Å². The molecule has 21 heavy (non-hydrogen) atoms. The highest BCUT2D eigenvalue weighted by atomic mass is 35.5. The van der Waals surface area contributed by atoms with Crippen molar-refractivity contribution < 1.29 is 14.0 Å². The molecule has 0 saturated carbocycles. The van der Waals surface area contributed by atoms with E-state index in [1.165, 1.54) is 5.56 Å². The van der Waals surface area contributed by atoms with Gasteiger partial charge in [0.05, 0.1) is 0 Å². The quantitative estimate of drug-likeness (QED) is 0.739. The summed E-state index contributed by atoms with van der Waals surface area (Å²) in [6.07, 6.45) is 3.04. The minimum Gasteiger partial charge on any atom is -0.454 e. The molecule has 5 heteroatoms. The lowest BCUT2D eigenvalue weighted by Gasteiger charge is -2.13. The van der Waals surface area contributed by atoms with Gasteiger partial charge in [0.2, 0.25) is 12.5 Å². The highest BCUT2D eigenvalue weighted by Gasteiger charge is 2.23. The van der Waals surface area contributed by atoms with Crippen LogP contribution in [0.1, 0.15) is 11.1 Å². The second kappa shape index (κ2) is 4.93. The van der Waals surface area contributed by atoms with Crippen LogP contribution in [0.15, 0.2) is 30.3 Å². The van der Waals surface area contributed by atoms with Crippen LogP contribution in [0.25, 0.3) is 0 Å². The number of ether oxygens (including phenoxy) is 2. The normalized spacial score (nSPS) is 15.6. The van der Waals surface area contributed by atoms with Crippen LogP contribution >= 0.6 is 23.2 Å². The molecule has 2 heterocycles. The van der Waals surface area contributed by atoms with Crippen molar-refractivity contribution in [1.82, 2.24) is 0 Å². The zero-order chi connectivity index (χ0) is 14.4. The van der Waals surface area contributed by atoms with Gasteiger partial charge in [-0.25, -0.2) is 0 Å². The van der Waals surface area contributed by atoms with Crippen LogP contribution in [0.2, 0.25) is 10.0 Å². The van der Waals surface area contributed by atoms with Gasteiger partial charge in [-0.2, -0.15) is 4.58 Å². The van der Waals surface area contributed by atoms with Gasteiger partial charge in [-0.05, 0) is 23.8 Å². The van der Waals surface area contributed by atoms with E-state index >= 15 is 0 Å².